The number of nitrogens with zero attached hydrogens (tertiary/aromatic N) is 4. The van der Waals surface area contributed by atoms with Crippen LogP contribution in [-0.4, -0.2) is 38.8 Å². The van der Waals surface area contributed by atoms with Crippen LogP contribution in [0.4, 0.5) is 0 Å². The number of aromatic nitrogens is 3. The maximum absolute atomic E-state index is 5.87. The smallest absolute Gasteiger partial charge is 0.140 e. The van der Waals surface area contributed by atoms with Gasteiger partial charge in [0.1, 0.15) is 12.2 Å². The molecule has 2 heterocycles. The second kappa shape index (κ2) is 7.94. The van der Waals surface area contributed by atoms with Gasteiger partial charge in [0.15, 0.2) is 0 Å². The Morgan fingerprint density at radius 3 is 2.72 bits per heavy atom. The van der Waals surface area contributed by atoms with E-state index in [4.69, 9.17) is 5.73 Å². The molecule has 2 N–H and O–H groups in total. The van der Waals surface area contributed by atoms with Crippen LogP contribution in [0.3, 0.4) is 0 Å². The molecule has 0 radical (unpaired) electrons. The molecule has 2 atom stereocenters. The van der Waals surface area contributed by atoms with Gasteiger partial charge in [0, 0.05) is 19.6 Å². The molecule has 0 spiro atoms. The average Bonchev–Trinajstić information content (AvgIpc) is 2.65. The van der Waals surface area contributed by atoms with Crippen molar-refractivity contribution < 1.29 is 0 Å². The highest BCUT2D eigenvalue weighted by Crippen LogP contribution is 2.23. The van der Waals surface area contributed by atoms with E-state index in [1.807, 2.05) is 11.7 Å². The van der Waals surface area contributed by atoms with Crippen LogP contribution in [0, 0.1) is 5.92 Å². The van der Waals surface area contributed by atoms with E-state index in [0.29, 0.717) is 12.0 Å². The Morgan fingerprint density at radius 2 is 2.17 bits per heavy atom. The minimum absolute atomic E-state index is 0. The zero-order valence-corrected chi connectivity index (χ0v) is 12.6. The van der Waals surface area contributed by atoms with Gasteiger partial charge in [0.25, 0.3) is 0 Å². The van der Waals surface area contributed by atoms with E-state index in [9.17, 15) is 0 Å². The Kier molecular flexibility index (Phi) is 7.78. The predicted octanol–water partition coefficient (Wildman–Crippen LogP) is 1.22. The Bertz CT molecular complexity index is 344. The van der Waals surface area contributed by atoms with Gasteiger partial charge in [0.05, 0.1) is 6.54 Å². The molecule has 1 aromatic heterocycles. The van der Waals surface area contributed by atoms with E-state index in [1.165, 1.54) is 12.8 Å². The molecular formula is C11H23Cl2N5. The first-order valence-corrected chi connectivity index (χ1v) is 5.99. The minimum atomic E-state index is 0. The summed E-state index contributed by atoms with van der Waals surface area (Å²) in [5.74, 6) is 1.71. The minimum Gasteiger partial charge on any atom is -0.329 e. The molecule has 0 aliphatic carbocycles. The summed E-state index contributed by atoms with van der Waals surface area (Å²) in [5.41, 5.74) is 5.87. The lowest BCUT2D eigenvalue weighted by molar-refractivity contribution is 0.0951. The molecule has 0 aromatic carbocycles. The summed E-state index contributed by atoms with van der Waals surface area (Å²) in [7, 11) is 1.94. The molecule has 0 amide bonds. The highest BCUT2D eigenvalue weighted by molar-refractivity contribution is 5.85. The fourth-order valence-electron chi connectivity index (χ4n) is 2.56. The molecule has 7 heteroatoms. The van der Waals surface area contributed by atoms with Crippen molar-refractivity contribution in [2.45, 2.75) is 32.4 Å². The van der Waals surface area contributed by atoms with Crippen molar-refractivity contribution in [1.82, 2.24) is 19.7 Å². The van der Waals surface area contributed by atoms with Crippen LogP contribution in [0.15, 0.2) is 6.33 Å². The SMILES string of the molecule is CC1CCCN(Cc2ncnn2C)C1CN.Cl.Cl. The lowest BCUT2D eigenvalue weighted by Gasteiger charge is -2.39. The molecule has 18 heavy (non-hydrogen) atoms. The zero-order valence-electron chi connectivity index (χ0n) is 11.0. The Morgan fingerprint density at radius 1 is 1.44 bits per heavy atom. The summed E-state index contributed by atoms with van der Waals surface area (Å²) in [5, 5.41) is 4.10. The standard InChI is InChI=1S/C11H21N5.2ClH/c1-9-4-3-5-16(10(9)6-12)7-11-13-8-14-15(11)2;;/h8-10H,3-7,12H2,1-2H3;2*1H. The zero-order chi connectivity index (χ0) is 11.5. The van der Waals surface area contributed by atoms with Crippen LogP contribution >= 0.6 is 24.8 Å². The molecule has 1 aromatic rings. The van der Waals surface area contributed by atoms with Crippen molar-refractivity contribution in [2.75, 3.05) is 13.1 Å². The number of aryl methyl sites for hydroxylation is 1. The van der Waals surface area contributed by atoms with Crippen LogP contribution in [0.5, 0.6) is 0 Å². The van der Waals surface area contributed by atoms with Gasteiger partial charge in [-0.05, 0) is 25.3 Å². The van der Waals surface area contributed by atoms with E-state index in [-0.39, 0.29) is 24.8 Å². The van der Waals surface area contributed by atoms with Gasteiger partial charge in [-0.15, -0.1) is 24.8 Å². The lowest BCUT2D eigenvalue weighted by atomic mass is 9.91. The van der Waals surface area contributed by atoms with Gasteiger partial charge in [-0.25, -0.2) is 4.98 Å². The Hall–Kier alpha value is -0.360. The van der Waals surface area contributed by atoms with Gasteiger partial charge >= 0.3 is 0 Å². The molecule has 1 saturated heterocycles. The number of hydrogen-bond acceptors (Lipinski definition) is 4. The van der Waals surface area contributed by atoms with Crippen molar-refractivity contribution >= 4 is 24.8 Å². The molecule has 1 aliphatic heterocycles. The van der Waals surface area contributed by atoms with Crippen LogP contribution in [0.25, 0.3) is 0 Å². The molecule has 5 nitrogen and oxygen atoms in total. The summed E-state index contributed by atoms with van der Waals surface area (Å²) in [6, 6.07) is 0.491. The number of piperidine rings is 1. The second-order valence-electron chi connectivity index (χ2n) is 4.69. The third-order valence-corrected chi connectivity index (χ3v) is 3.62. The van der Waals surface area contributed by atoms with Crippen LogP contribution in [0.2, 0.25) is 0 Å². The second-order valence-corrected chi connectivity index (χ2v) is 4.69. The van der Waals surface area contributed by atoms with Gasteiger partial charge < -0.3 is 5.73 Å². The number of hydrogen-bond donors (Lipinski definition) is 1. The van der Waals surface area contributed by atoms with E-state index in [0.717, 1.165) is 25.5 Å². The van der Waals surface area contributed by atoms with Crippen molar-refractivity contribution in [3.05, 3.63) is 12.2 Å². The maximum atomic E-state index is 5.87. The molecule has 106 valence electrons. The first-order valence-electron chi connectivity index (χ1n) is 5.99. The van der Waals surface area contributed by atoms with Crippen molar-refractivity contribution in [2.24, 2.45) is 18.7 Å². The number of nitrogens with two attached hydrogens (primary N) is 1. The van der Waals surface area contributed by atoms with Crippen LogP contribution < -0.4 is 5.73 Å². The van der Waals surface area contributed by atoms with Gasteiger partial charge in [-0.1, -0.05) is 6.92 Å². The molecular weight excluding hydrogens is 273 g/mol. The quantitative estimate of drug-likeness (QED) is 0.911. The largest absolute Gasteiger partial charge is 0.329 e. The summed E-state index contributed by atoms with van der Waals surface area (Å²) in [6.45, 7) is 5.02. The van der Waals surface area contributed by atoms with Gasteiger partial charge in [0.2, 0.25) is 0 Å². The third kappa shape index (κ3) is 3.82. The summed E-state index contributed by atoms with van der Waals surface area (Å²) in [6.07, 6.45) is 4.16. The molecule has 1 fully saturated rings. The van der Waals surface area contributed by atoms with Crippen molar-refractivity contribution in [3.8, 4) is 0 Å². The van der Waals surface area contributed by atoms with E-state index in [1.54, 1.807) is 6.33 Å². The van der Waals surface area contributed by atoms with Gasteiger partial charge in [-0.2, -0.15) is 5.10 Å². The first kappa shape index (κ1) is 17.6. The normalized spacial score (nSPS) is 24.2. The fourth-order valence-corrected chi connectivity index (χ4v) is 2.56. The number of rotatable bonds is 3. The first-order chi connectivity index (χ1) is 7.72. The highest BCUT2D eigenvalue weighted by Gasteiger charge is 2.27. The van der Waals surface area contributed by atoms with Crippen molar-refractivity contribution in [1.29, 1.82) is 0 Å². The monoisotopic (exact) mass is 295 g/mol. The molecule has 0 saturated carbocycles. The summed E-state index contributed by atoms with van der Waals surface area (Å²) < 4.78 is 1.84. The summed E-state index contributed by atoms with van der Waals surface area (Å²) >= 11 is 0. The Balaban J connectivity index is 0.00000144. The van der Waals surface area contributed by atoms with E-state index >= 15 is 0 Å². The third-order valence-electron chi connectivity index (χ3n) is 3.62. The van der Waals surface area contributed by atoms with Crippen LogP contribution in [0.1, 0.15) is 25.6 Å². The number of halogens is 2. The Labute approximate surface area is 121 Å². The maximum Gasteiger partial charge on any atom is 0.140 e. The highest BCUT2D eigenvalue weighted by atomic mass is 35.5. The van der Waals surface area contributed by atoms with Crippen molar-refractivity contribution in [3.63, 3.8) is 0 Å². The topological polar surface area (TPSA) is 60.0 Å². The van der Waals surface area contributed by atoms with E-state index < -0.39 is 0 Å². The van der Waals surface area contributed by atoms with Crippen LogP contribution in [-0.2, 0) is 13.6 Å². The molecule has 0 bridgehead atoms. The average molecular weight is 296 g/mol. The molecule has 1 aliphatic rings. The summed E-state index contributed by atoms with van der Waals surface area (Å²) in [4.78, 5) is 6.72. The van der Waals surface area contributed by atoms with E-state index in [2.05, 4.69) is 21.9 Å². The number of likely N-dealkylation sites (tertiary alicyclic amines) is 1. The van der Waals surface area contributed by atoms with Gasteiger partial charge in [-0.3, -0.25) is 9.58 Å². The molecule has 2 unspecified atom stereocenters. The fraction of sp³-hybridized carbons (Fsp3) is 0.818. The predicted molar refractivity (Wildman–Crippen MR) is 77.1 cm³/mol. The lowest BCUT2D eigenvalue weighted by Crippen LogP contribution is -2.48. The molecule has 2 rings (SSSR count).